The zero-order valence-corrected chi connectivity index (χ0v) is 15.0. The molecule has 3 aromatic heterocycles. The third-order valence-corrected chi connectivity index (χ3v) is 4.70. The normalized spacial score (nSPS) is 15.2. The lowest BCUT2D eigenvalue weighted by atomic mass is 10.2. The molecule has 0 unspecified atom stereocenters. The first kappa shape index (κ1) is 17.3. The van der Waals surface area contributed by atoms with Gasteiger partial charge in [-0.2, -0.15) is 0 Å². The van der Waals surface area contributed by atoms with Crippen molar-refractivity contribution in [1.29, 1.82) is 0 Å². The molecule has 1 amide bonds. The predicted molar refractivity (Wildman–Crippen MR) is 101 cm³/mol. The van der Waals surface area contributed by atoms with Crippen LogP contribution in [0.2, 0.25) is 0 Å². The molecule has 0 atom stereocenters. The second-order valence-corrected chi connectivity index (χ2v) is 6.50. The summed E-state index contributed by atoms with van der Waals surface area (Å²) in [7, 11) is 0. The van der Waals surface area contributed by atoms with Gasteiger partial charge in [-0.3, -0.25) is 14.1 Å². The van der Waals surface area contributed by atoms with Crippen molar-refractivity contribution >= 4 is 17.5 Å². The molecule has 1 aliphatic rings. The van der Waals surface area contributed by atoms with E-state index < -0.39 is 0 Å². The first-order valence-corrected chi connectivity index (χ1v) is 9.11. The summed E-state index contributed by atoms with van der Waals surface area (Å²) in [5.41, 5.74) is 1.34. The summed E-state index contributed by atoms with van der Waals surface area (Å²) in [5.74, 6) is 0.728. The highest BCUT2D eigenvalue weighted by atomic mass is 16.1. The maximum Gasteiger partial charge on any atom is 0.252 e. The summed E-state index contributed by atoms with van der Waals surface area (Å²) >= 11 is 0. The molecule has 0 spiro atoms. The van der Waals surface area contributed by atoms with Gasteiger partial charge in [0.25, 0.3) is 5.91 Å². The molecule has 0 aliphatic carbocycles. The van der Waals surface area contributed by atoms with E-state index in [0.717, 1.165) is 50.7 Å². The fraction of sp³-hybridized carbons (Fsp3) is 0.389. The van der Waals surface area contributed by atoms with Crippen molar-refractivity contribution in [2.24, 2.45) is 0 Å². The number of anilines is 1. The van der Waals surface area contributed by atoms with E-state index in [4.69, 9.17) is 0 Å². The van der Waals surface area contributed by atoms with Crippen LogP contribution in [0.3, 0.4) is 0 Å². The second-order valence-electron chi connectivity index (χ2n) is 6.50. The maximum absolute atomic E-state index is 12.3. The van der Waals surface area contributed by atoms with E-state index in [1.807, 2.05) is 6.07 Å². The molecule has 4 heterocycles. The van der Waals surface area contributed by atoms with Gasteiger partial charge >= 0.3 is 0 Å². The quantitative estimate of drug-likeness (QED) is 0.634. The summed E-state index contributed by atoms with van der Waals surface area (Å²) in [4.78, 5) is 25.5. The number of amides is 1. The summed E-state index contributed by atoms with van der Waals surface area (Å²) in [6, 6.07) is 5.39. The van der Waals surface area contributed by atoms with Crippen molar-refractivity contribution in [2.75, 3.05) is 44.2 Å². The molecule has 1 N–H and O–H groups in total. The molecular formula is C18H22N8O. The summed E-state index contributed by atoms with van der Waals surface area (Å²) in [5, 5.41) is 10.7. The SMILES string of the molecule is O=C(NCCCN1CCN(c2ncccn2)CC1)c1ccc2nncn2c1. The van der Waals surface area contributed by atoms with E-state index in [1.54, 1.807) is 41.5 Å². The third-order valence-electron chi connectivity index (χ3n) is 4.70. The predicted octanol–water partition coefficient (Wildman–Crippen LogP) is 0.461. The van der Waals surface area contributed by atoms with Crippen LogP contribution in [0.5, 0.6) is 0 Å². The number of hydrogen-bond acceptors (Lipinski definition) is 7. The zero-order chi connectivity index (χ0) is 18.5. The van der Waals surface area contributed by atoms with Crippen molar-refractivity contribution in [2.45, 2.75) is 6.42 Å². The zero-order valence-electron chi connectivity index (χ0n) is 15.0. The Labute approximate surface area is 157 Å². The molecule has 0 radical (unpaired) electrons. The molecule has 3 aromatic rings. The van der Waals surface area contributed by atoms with Crippen molar-refractivity contribution in [3.05, 3.63) is 48.7 Å². The van der Waals surface area contributed by atoms with Crippen molar-refractivity contribution in [3.63, 3.8) is 0 Å². The Morgan fingerprint density at radius 1 is 1.11 bits per heavy atom. The molecule has 140 valence electrons. The van der Waals surface area contributed by atoms with Crippen molar-refractivity contribution in [1.82, 2.24) is 34.8 Å². The monoisotopic (exact) mass is 366 g/mol. The summed E-state index contributed by atoms with van der Waals surface area (Å²) < 4.78 is 1.74. The molecule has 9 heteroatoms. The number of nitrogens with one attached hydrogen (secondary N) is 1. The number of carbonyl (C=O) groups is 1. The lowest BCUT2D eigenvalue weighted by molar-refractivity contribution is 0.0951. The maximum atomic E-state index is 12.3. The smallest absolute Gasteiger partial charge is 0.252 e. The minimum atomic E-state index is -0.0726. The standard InChI is InChI=1S/C18H22N8O/c27-17(15-3-4-16-23-22-14-26(16)13-15)19-7-2-8-24-9-11-25(12-10-24)18-20-5-1-6-21-18/h1,3-6,13-14H,2,7-12H2,(H,19,27). The van der Waals surface area contributed by atoms with Crippen LogP contribution in [-0.2, 0) is 0 Å². The Balaban J connectivity index is 1.18. The van der Waals surface area contributed by atoms with E-state index in [2.05, 4.69) is 35.3 Å². The van der Waals surface area contributed by atoms with Gasteiger partial charge in [0.15, 0.2) is 5.65 Å². The number of fused-ring (bicyclic) bond motifs is 1. The average molecular weight is 366 g/mol. The number of hydrogen-bond donors (Lipinski definition) is 1. The van der Waals surface area contributed by atoms with Crippen LogP contribution < -0.4 is 10.2 Å². The lowest BCUT2D eigenvalue weighted by Crippen LogP contribution is -2.47. The van der Waals surface area contributed by atoms with Crippen LogP contribution in [0.15, 0.2) is 43.1 Å². The van der Waals surface area contributed by atoms with Gasteiger partial charge in [-0.1, -0.05) is 0 Å². The molecule has 0 saturated carbocycles. The van der Waals surface area contributed by atoms with E-state index in [-0.39, 0.29) is 5.91 Å². The van der Waals surface area contributed by atoms with Crippen LogP contribution in [0.4, 0.5) is 5.95 Å². The number of carbonyl (C=O) groups excluding carboxylic acids is 1. The number of aromatic nitrogens is 5. The summed E-state index contributed by atoms with van der Waals surface area (Å²) in [6.07, 6.45) is 7.81. The van der Waals surface area contributed by atoms with E-state index in [1.165, 1.54) is 0 Å². The van der Waals surface area contributed by atoms with Crippen LogP contribution in [-0.4, -0.2) is 74.6 Å². The molecule has 9 nitrogen and oxygen atoms in total. The van der Waals surface area contributed by atoms with Gasteiger partial charge in [0.05, 0.1) is 5.56 Å². The molecule has 0 bridgehead atoms. The highest BCUT2D eigenvalue weighted by Crippen LogP contribution is 2.09. The van der Waals surface area contributed by atoms with Crippen LogP contribution in [0, 0.1) is 0 Å². The Kier molecular flexibility index (Phi) is 5.20. The minimum Gasteiger partial charge on any atom is -0.352 e. The first-order chi connectivity index (χ1) is 13.3. The topological polar surface area (TPSA) is 91.5 Å². The molecule has 27 heavy (non-hydrogen) atoms. The molecule has 1 saturated heterocycles. The molecule has 1 aliphatic heterocycles. The van der Waals surface area contributed by atoms with Gasteiger partial charge in [0.2, 0.25) is 5.95 Å². The van der Waals surface area contributed by atoms with Gasteiger partial charge in [0, 0.05) is 51.3 Å². The van der Waals surface area contributed by atoms with Crippen LogP contribution in [0.25, 0.3) is 5.65 Å². The molecule has 1 fully saturated rings. The fourth-order valence-electron chi connectivity index (χ4n) is 3.19. The molecule has 4 rings (SSSR count). The van der Waals surface area contributed by atoms with E-state index in [9.17, 15) is 4.79 Å². The first-order valence-electron chi connectivity index (χ1n) is 9.11. The minimum absolute atomic E-state index is 0.0726. The Hall–Kier alpha value is -3.07. The number of rotatable bonds is 6. The van der Waals surface area contributed by atoms with Gasteiger partial charge < -0.3 is 10.2 Å². The third kappa shape index (κ3) is 4.20. The van der Waals surface area contributed by atoms with Crippen LogP contribution >= 0.6 is 0 Å². The van der Waals surface area contributed by atoms with E-state index in [0.29, 0.717) is 12.1 Å². The molecular weight excluding hydrogens is 344 g/mol. The van der Waals surface area contributed by atoms with Crippen molar-refractivity contribution < 1.29 is 4.79 Å². The van der Waals surface area contributed by atoms with Crippen molar-refractivity contribution in [3.8, 4) is 0 Å². The Bertz CT molecular complexity index is 889. The Morgan fingerprint density at radius 3 is 2.74 bits per heavy atom. The van der Waals surface area contributed by atoms with Gasteiger partial charge in [-0.25, -0.2) is 9.97 Å². The van der Waals surface area contributed by atoms with E-state index >= 15 is 0 Å². The highest BCUT2D eigenvalue weighted by Gasteiger charge is 2.18. The fourth-order valence-corrected chi connectivity index (χ4v) is 3.19. The largest absolute Gasteiger partial charge is 0.352 e. The van der Waals surface area contributed by atoms with Gasteiger partial charge in [0.1, 0.15) is 6.33 Å². The molecule has 0 aromatic carbocycles. The average Bonchev–Trinajstić information content (AvgIpc) is 3.20. The van der Waals surface area contributed by atoms with Gasteiger partial charge in [-0.15, -0.1) is 10.2 Å². The van der Waals surface area contributed by atoms with Gasteiger partial charge in [-0.05, 0) is 31.2 Å². The number of piperazine rings is 1. The number of pyridine rings is 1. The van der Waals surface area contributed by atoms with Crippen LogP contribution in [0.1, 0.15) is 16.8 Å². The highest BCUT2D eigenvalue weighted by molar-refractivity contribution is 5.94. The Morgan fingerprint density at radius 2 is 1.93 bits per heavy atom. The lowest BCUT2D eigenvalue weighted by Gasteiger charge is -2.34. The second kappa shape index (κ2) is 8.09. The number of nitrogens with zero attached hydrogens (tertiary/aromatic N) is 7. The summed E-state index contributed by atoms with van der Waals surface area (Å²) in [6.45, 7) is 5.44.